The van der Waals surface area contributed by atoms with E-state index >= 15 is 0 Å². The number of fused-ring (bicyclic) bond motifs is 1. The summed E-state index contributed by atoms with van der Waals surface area (Å²) in [6.45, 7) is 0. The number of amides is 2. The molecule has 8 nitrogen and oxygen atoms in total. The molecule has 0 aromatic heterocycles. The average Bonchev–Trinajstić information content (AvgIpc) is 3.12. The molecule has 2 fully saturated rings. The number of methoxy groups -OCH3 is 2. The van der Waals surface area contributed by atoms with E-state index in [1.807, 2.05) is 0 Å². The van der Waals surface area contributed by atoms with Crippen molar-refractivity contribution in [2.24, 2.45) is 11.8 Å². The van der Waals surface area contributed by atoms with Crippen molar-refractivity contribution in [1.29, 1.82) is 0 Å². The Labute approximate surface area is 137 Å². The number of ether oxygens (including phenoxy) is 2. The second kappa shape index (κ2) is 6.04. The molecule has 2 amide bonds. The summed E-state index contributed by atoms with van der Waals surface area (Å²) in [5, 5.41) is 2.71. The number of hydrogen-bond donors (Lipinski definition) is 1. The largest absolute Gasteiger partial charge is 0.468 e. The lowest BCUT2D eigenvalue weighted by molar-refractivity contribution is -0.146. The van der Waals surface area contributed by atoms with Gasteiger partial charge < -0.3 is 9.47 Å². The van der Waals surface area contributed by atoms with E-state index in [0.29, 0.717) is 5.69 Å². The van der Waals surface area contributed by atoms with E-state index in [-0.39, 0.29) is 0 Å². The van der Waals surface area contributed by atoms with E-state index in [2.05, 4.69) is 5.32 Å². The Kier molecular flexibility index (Phi) is 4.06. The van der Waals surface area contributed by atoms with Crippen LogP contribution in [0.3, 0.4) is 0 Å². The van der Waals surface area contributed by atoms with Gasteiger partial charge in [0.15, 0.2) is 0 Å². The highest BCUT2D eigenvalue weighted by Gasteiger charge is 2.63. The van der Waals surface area contributed by atoms with Gasteiger partial charge in [0, 0.05) is 0 Å². The number of esters is 2. The van der Waals surface area contributed by atoms with Gasteiger partial charge in [0.25, 0.3) is 0 Å². The van der Waals surface area contributed by atoms with Crippen LogP contribution in [0.5, 0.6) is 0 Å². The number of rotatable bonds is 3. The molecule has 0 spiro atoms. The minimum atomic E-state index is -1.07. The summed E-state index contributed by atoms with van der Waals surface area (Å²) >= 11 is 0. The highest BCUT2D eigenvalue weighted by atomic mass is 16.5. The maximum absolute atomic E-state index is 12.8. The Morgan fingerprint density at radius 3 is 1.79 bits per heavy atom. The standard InChI is InChI=1S/C16H16N2O6/c1-23-15(21)11-9-10(12(17-11)16(22)24-2)14(20)18(13(9)19)8-6-4-3-5-7-8/h3-7,9-12,17H,1-2H3. The van der Waals surface area contributed by atoms with Crippen molar-refractivity contribution in [3.05, 3.63) is 30.3 Å². The van der Waals surface area contributed by atoms with Crippen LogP contribution in [-0.2, 0) is 28.7 Å². The van der Waals surface area contributed by atoms with Crippen LogP contribution in [0, 0.1) is 11.8 Å². The first kappa shape index (κ1) is 16.1. The highest BCUT2D eigenvalue weighted by Crippen LogP contribution is 2.39. The quantitative estimate of drug-likeness (QED) is 0.587. The third-order valence-electron chi connectivity index (χ3n) is 4.40. The predicted octanol–water partition coefficient (Wildman–Crippen LogP) is -0.521. The number of nitrogens with zero attached hydrogens (tertiary/aromatic N) is 1. The van der Waals surface area contributed by atoms with Gasteiger partial charge in [-0.3, -0.25) is 24.5 Å². The molecule has 2 aliphatic heterocycles. The SMILES string of the molecule is COC(=O)C1NC(C(=O)OC)C2C(=O)N(c3ccccc3)C(=O)C12. The maximum atomic E-state index is 12.8. The third-order valence-corrected chi connectivity index (χ3v) is 4.40. The molecule has 3 rings (SSSR count). The van der Waals surface area contributed by atoms with Gasteiger partial charge in [-0.2, -0.15) is 0 Å². The van der Waals surface area contributed by atoms with Crippen LogP contribution >= 0.6 is 0 Å². The molecule has 24 heavy (non-hydrogen) atoms. The highest BCUT2D eigenvalue weighted by molar-refractivity contribution is 6.24. The summed E-state index contributed by atoms with van der Waals surface area (Å²) in [5.74, 6) is -4.49. The second-order valence-electron chi connectivity index (χ2n) is 5.57. The van der Waals surface area contributed by atoms with Crippen LogP contribution in [0.15, 0.2) is 30.3 Å². The summed E-state index contributed by atoms with van der Waals surface area (Å²) in [5.41, 5.74) is 0.397. The summed E-state index contributed by atoms with van der Waals surface area (Å²) in [7, 11) is 2.36. The molecule has 0 radical (unpaired) electrons. The minimum Gasteiger partial charge on any atom is -0.468 e. The van der Waals surface area contributed by atoms with E-state index in [1.54, 1.807) is 30.3 Å². The van der Waals surface area contributed by atoms with Gasteiger partial charge in [-0.25, -0.2) is 4.90 Å². The first-order valence-corrected chi connectivity index (χ1v) is 7.35. The Hall–Kier alpha value is -2.74. The zero-order valence-corrected chi connectivity index (χ0v) is 13.1. The van der Waals surface area contributed by atoms with Crippen molar-refractivity contribution in [2.45, 2.75) is 12.1 Å². The predicted molar refractivity (Wildman–Crippen MR) is 80.7 cm³/mol. The number of nitrogens with one attached hydrogen (secondary N) is 1. The first-order chi connectivity index (χ1) is 11.5. The lowest BCUT2D eigenvalue weighted by Crippen LogP contribution is -2.48. The topological polar surface area (TPSA) is 102 Å². The van der Waals surface area contributed by atoms with Crippen LogP contribution in [0.1, 0.15) is 0 Å². The summed E-state index contributed by atoms with van der Waals surface area (Å²) in [6, 6.07) is 6.22. The third kappa shape index (κ3) is 2.26. The van der Waals surface area contributed by atoms with E-state index < -0.39 is 47.7 Å². The molecule has 2 saturated heterocycles. The Morgan fingerprint density at radius 2 is 1.38 bits per heavy atom. The molecule has 4 atom stereocenters. The zero-order valence-electron chi connectivity index (χ0n) is 13.1. The van der Waals surface area contributed by atoms with E-state index in [1.165, 1.54) is 14.2 Å². The zero-order chi connectivity index (χ0) is 17.4. The number of imide groups is 1. The van der Waals surface area contributed by atoms with Gasteiger partial charge in [-0.05, 0) is 12.1 Å². The molecule has 0 saturated carbocycles. The molecule has 1 aromatic rings. The Bertz CT molecular complexity index is 664. The van der Waals surface area contributed by atoms with Gasteiger partial charge in [0.05, 0.1) is 31.7 Å². The number of anilines is 1. The molecular weight excluding hydrogens is 316 g/mol. The maximum Gasteiger partial charge on any atom is 0.323 e. The van der Waals surface area contributed by atoms with E-state index in [9.17, 15) is 19.2 Å². The molecule has 126 valence electrons. The fraction of sp³-hybridized carbons (Fsp3) is 0.375. The molecule has 0 aliphatic carbocycles. The fourth-order valence-electron chi connectivity index (χ4n) is 3.33. The first-order valence-electron chi connectivity index (χ1n) is 7.35. The minimum absolute atomic E-state index is 0.397. The van der Waals surface area contributed by atoms with Gasteiger partial charge in [0.2, 0.25) is 11.8 Å². The molecule has 8 heteroatoms. The van der Waals surface area contributed by atoms with Gasteiger partial charge in [-0.1, -0.05) is 18.2 Å². The molecule has 2 aliphatic rings. The lowest BCUT2D eigenvalue weighted by Gasteiger charge is -2.20. The Balaban J connectivity index is 2.02. The summed E-state index contributed by atoms with van der Waals surface area (Å²) < 4.78 is 9.39. The molecular formula is C16H16N2O6. The van der Waals surface area contributed by atoms with Crippen LogP contribution in [0.25, 0.3) is 0 Å². The summed E-state index contributed by atoms with van der Waals surface area (Å²) in [4.78, 5) is 50.6. The van der Waals surface area contributed by atoms with Crippen LogP contribution in [0.2, 0.25) is 0 Å². The van der Waals surface area contributed by atoms with Crippen LogP contribution < -0.4 is 10.2 Å². The number of carbonyl (C=O) groups is 4. The monoisotopic (exact) mass is 332 g/mol. The van der Waals surface area contributed by atoms with Gasteiger partial charge in [-0.15, -0.1) is 0 Å². The van der Waals surface area contributed by atoms with Crippen molar-refractivity contribution < 1.29 is 28.7 Å². The van der Waals surface area contributed by atoms with Crippen molar-refractivity contribution in [1.82, 2.24) is 5.32 Å². The van der Waals surface area contributed by atoms with Crippen LogP contribution in [-0.4, -0.2) is 50.1 Å². The lowest BCUT2D eigenvalue weighted by atomic mass is 9.89. The molecule has 0 bridgehead atoms. The molecule has 2 heterocycles. The van der Waals surface area contributed by atoms with Gasteiger partial charge in [0.1, 0.15) is 12.1 Å². The second-order valence-corrected chi connectivity index (χ2v) is 5.57. The molecule has 4 unspecified atom stereocenters. The molecule has 1 N–H and O–H groups in total. The van der Waals surface area contributed by atoms with Crippen molar-refractivity contribution in [3.8, 4) is 0 Å². The average molecular weight is 332 g/mol. The molecule has 1 aromatic carbocycles. The van der Waals surface area contributed by atoms with Crippen LogP contribution in [0.4, 0.5) is 5.69 Å². The Morgan fingerprint density at radius 1 is 0.917 bits per heavy atom. The smallest absolute Gasteiger partial charge is 0.323 e. The number of carbonyl (C=O) groups excluding carboxylic acids is 4. The summed E-state index contributed by atoms with van der Waals surface area (Å²) in [6.07, 6.45) is 0. The number of benzene rings is 1. The normalized spacial score (nSPS) is 28.7. The van der Waals surface area contributed by atoms with Crippen molar-refractivity contribution in [3.63, 3.8) is 0 Å². The van der Waals surface area contributed by atoms with Crippen molar-refractivity contribution in [2.75, 3.05) is 19.1 Å². The fourth-order valence-corrected chi connectivity index (χ4v) is 3.33. The number of para-hydroxylation sites is 1. The van der Waals surface area contributed by atoms with E-state index in [4.69, 9.17) is 9.47 Å². The van der Waals surface area contributed by atoms with Crippen molar-refractivity contribution >= 4 is 29.4 Å². The van der Waals surface area contributed by atoms with E-state index in [0.717, 1.165) is 4.90 Å². The van der Waals surface area contributed by atoms with Gasteiger partial charge >= 0.3 is 11.9 Å². The number of hydrogen-bond acceptors (Lipinski definition) is 7.